The van der Waals surface area contributed by atoms with Gasteiger partial charge in [-0.1, -0.05) is 29.8 Å². The summed E-state index contributed by atoms with van der Waals surface area (Å²) in [4.78, 5) is 2.46. The highest BCUT2D eigenvalue weighted by Crippen LogP contribution is 2.40. The van der Waals surface area contributed by atoms with Crippen molar-refractivity contribution in [2.45, 2.75) is 26.3 Å². The molecule has 1 aromatic carbocycles. The van der Waals surface area contributed by atoms with Gasteiger partial charge in [0.2, 0.25) is 0 Å². The normalized spacial score (nSPS) is 19.5. The summed E-state index contributed by atoms with van der Waals surface area (Å²) in [6, 6.07) is 4.19. The Morgan fingerprint density at radius 3 is 2.38 bits per heavy atom. The second-order valence-corrected chi connectivity index (χ2v) is 7.22. The second kappa shape index (κ2) is 6.55. The van der Waals surface area contributed by atoms with Crippen molar-refractivity contribution in [1.82, 2.24) is 4.90 Å². The molecule has 118 valence electrons. The smallest absolute Gasteiger partial charge is 0.161 e. The molecule has 1 unspecified atom stereocenters. The fourth-order valence-electron chi connectivity index (χ4n) is 3.02. The van der Waals surface area contributed by atoms with E-state index in [1.807, 2.05) is 12.1 Å². The van der Waals surface area contributed by atoms with E-state index in [0.29, 0.717) is 12.0 Å². The number of hydrogen-bond acceptors (Lipinski definition) is 4. The number of benzene rings is 1. The molecule has 1 fully saturated rings. The Kier molecular flexibility index (Phi) is 5.17. The van der Waals surface area contributed by atoms with Crippen molar-refractivity contribution in [2.24, 2.45) is 11.1 Å². The fraction of sp³-hybridized carbons (Fsp3) is 0.625. The summed E-state index contributed by atoms with van der Waals surface area (Å²) in [5.41, 5.74) is 7.59. The van der Waals surface area contributed by atoms with Gasteiger partial charge in [-0.05, 0) is 36.1 Å². The molecule has 5 heteroatoms. The van der Waals surface area contributed by atoms with Crippen LogP contribution in [-0.2, 0) is 0 Å². The lowest BCUT2D eigenvalue weighted by atomic mass is 9.93. The number of halogens is 1. The monoisotopic (exact) mass is 356 g/mol. The SMILES string of the molecule is COc1cc(Br)c(C(CN)N2CCC(C)(C)C2)cc1OC. The molecule has 0 spiro atoms. The molecule has 2 rings (SSSR count). The van der Waals surface area contributed by atoms with E-state index in [4.69, 9.17) is 15.2 Å². The molecule has 0 aliphatic carbocycles. The average molecular weight is 357 g/mol. The van der Waals surface area contributed by atoms with Crippen molar-refractivity contribution >= 4 is 15.9 Å². The Balaban J connectivity index is 2.34. The van der Waals surface area contributed by atoms with Crippen molar-refractivity contribution in [3.05, 3.63) is 22.2 Å². The summed E-state index contributed by atoms with van der Waals surface area (Å²) in [5, 5.41) is 0. The van der Waals surface area contributed by atoms with Crippen LogP contribution in [0.2, 0.25) is 0 Å². The van der Waals surface area contributed by atoms with E-state index < -0.39 is 0 Å². The van der Waals surface area contributed by atoms with Crippen LogP contribution in [0.4, 0.5) is 0 Å². The summed E-state index contributed by atoms with van der Waals surface area (Å²) in [6.07, 6.45) is 1.20. The highest BCUT2D eigenvalue weighted by atomic mass is 79.9. The quantitative estimate of drug-likeness (QED) is 0.879. The number of rotatable bonds is 5. The van der Waals surface area contributed by atoms with Crippen molar-refractivity contribution in [3.63, 3.8) is 0 Å². The number of nitrogens with zero attached hydrogens (tertiary/aromatic N) is 1. The van der Waals surface area contributed by atoms with Gasteiger partial charge in [0.15, 0.2) is 11.5 Å². The van der Waals surface area contributed by atoms with Crippen LogP contribution >= 0.6 is 15.9 Å². The van der Waals surface area contributed by atoms with Gasteiger partial charge in [0, 0.05) is 23.6 Å². The number of likely N-dealkylation sites (tertiary alicyclic amines) is 1. The van der Waals surface area contributed by atoms with E-state index in [-0.39, 0.29) is 6.04 Å². The third-order valence-electron chi connectivity index (χ3n) is 4.23. The van der Waals surface area contributed by atoms with Crippen LogP contribution in [0.25, 0.3) is 0 Å². The number of nitrogens with two attached hydrogens (primary N) is 1. The van der Waals surface area contributed by atoms with Crippen LogP contribution in [0.5, 0.6) is 11.5 Å². The van der Waals surface area contributed by atoms with Crippen LogP contribution < -0.4 is 15.2 Å². The molecule has 1 saturated heterocycles. The first-order valence-corrected chi connectivity index (χ1v) is 8.06. The van der Waals surface area contributed by atoms with Gasteiger partial charge in [-0.25, -0.2) is 0 Å². The fourth-order valence-corrected chi connectivity index (χ4v) is 3.60. The predicted molar refractivity (Wildman–Crippen MR) is 89.0 cm³/mol. The number of hydrogen-bond donors (Lipinski definition) is 1. The van der Waals surface area contributed by atoms with E-state index in [0.717, 1.165) is 34.6 Å². The van der Waals surface area contributed by atoms with E-state index in [1.165, 1.54) is 6.42 Å². The summed E-state index contributed by atoms with van der Waals surface area (Å²) < 4.78 is 11.8. The molecule has 4 nitrogen and oxygen atoms in total. The minimum absolute atomic E-state index is 0.195. The van der Waals surface area contributed by atoms with Gasteiger partial charge in [0.1, 0.15) is 0 Å². The van der Waals surface area contributed by atoms with Crippen LogP contribution in [0.15, 0.2) is 16.6 Å². The molecule has 1 aliphatic heterocycles. The maximum Gasteiger partial charge on any atom is 0.161 e. The summed E-state index contributed by atoms with van der Waals surface area (Å²) in [6.45, 7) is 7.35. The molecule has 0 amide bonds. The Hall–Kier alpha value is -0.780. The minimum Gasteiger partial charge on any atom is -0.493 e. The largest absolute Gasteiger partial charge is 0.493 e. The van der Waals surface area contributed by atoms with Gasteiger partial charge in [0.05, 0.1) is 14.2 Å². The molecule has 1 aliphatic rings. The van der Waals surface area contributed by atoms with Crippen LogP contribution in [0, 0.1) is 5.41 Å². The summed E-state index contributed by atoms with van der Waals surface area (Å²) >= 11 is 3.65. The van der Waals surface area contributed by atoms with E-state index >= 15 is 0 Å². The first-order valence-electron chi connectivity index (χ1n) is 7.27. The van der Waals surface area contributed by atoms with E-state index in [1.54, 1.807) is 14.2 Å². The molecule has 21 heavy (non-hydrogen) atoms. The van der Waals surface area contributed by atoms with Crippen LogP contribution in [0.1, 0.15) is 31.9 Å². The van der Waals surface area contributed by atoms with Crippen LogP contribution in [-0.4, -0.2) is 38.8 Å². The Morgan fingerprint density at radius 1 is 1.29 bits per heavy atom. The lowest BCUT2D eigenvalue weighted by Crippen LogP contribution is -2.33. The molecular weight excluding hydrogens is 332 g/mol. The first kappa shape index (κ1) is 16.6. The Bertz CT molecular complexity index is 505. The lowest BCUT2D eigenvalue weighted by Gasteiger charge is -2.29. The van der Waals surface area contributed by atoms with Crippen molar-refractivity contribution in [2.75, 3.05) is 33.9 Å². The number of methoxy groups -OCH3 is 2. The van der Waals surface area contributed by atoms with Crippen molar-refractivity contribution in [3.8, 4) is 11.5 Å². The summed E-state index contributed by atoms with van der Waals surface area (Å²) in [5.74, 6) is 1.47. The molecule has 2 N–H and O–H groups in total. The Morgan fingerprint density at radius 2 is 1.90 bits per heavy atom. The van der Waals surface area contributed by atoms with Gasteiger partial charge < -0.3 is 15.2 Å². The topological polar surface area (TPSA) is 47.7 Å². The Labute approximate surface area is 135 Å². The molecule has 1 heterocycles. The molecule has 1 atom stereocenters. The third kappa shape index (κ3) is 3.52. The van der Waals surface area contributed by atoms with Crippen molar-refractivity contribution < 1.29 is 9.47 Å². The number of ether oxygens (including phenoxy) is 2. The van der Waals surface area contributed by atoms with E-state index in [9.17, 15) is 0 Å². The standard InChI is InChI=1S/C16H25BrN2O2/c1-16(2)5-6-19(10-16)13(9-18)11-7-14(20-3)15(21-4)8-12(11)17/h7-8,13H,5-6,9-10,18H2,1-4H3. The molecule has 0 saturated carbocycles. The van der Waals surface area contributed by atoms with Crippen molar-refractivity contribution in [1.29, 1.82) is 0 Å². The lowest BCUT2D eigenvalue weighted by molar-refractivity contribution is 0.222. The average Bonchev–Trinajstić information content (AvgIpc) is 2.81. The zero-order chi connectivity index (χ0) is 15.6. The van der Waals surface area contributed by atoms with Gasteiger partial charge in [-0.15, -0.1) is 0 Å². The molecule has 0 bridgehead atoms. The molecule has 0 aromatic heterocycles. The van der Waals surface area contributed by atoms with Gasteiger partial charge in [0.25, 0.3) is 0 Å². The first-order chi connectivity index (χ1) is 9.91. The predicted octanol–water partition coefficient (Wildman–Crippen LogP) is 3.20. The zero-order valence-electron chi connectivity index (χ0n) is 13.3. The van der Waals surface area contributed by atoms with Crippen LogP contribution in [0.3, 0.4) is 0 Å². The highest BCUT2D eigenvalue weighted by molar-refractivity contribution is 9.10. The maximum atomic E-state index is 6.07. The zero-order valence-corrected chi connectivity index (χ0v) is 14.9. The highest BCUT2D eigenvalue weighted by Gasteiger charge is 2.34. The summed E-state index contributed by atoms with van der Waals surface area (Å²) in [7, 11) is 3.30. The van der Waals surface area contributed by atoms with Gasteiger partial charge in [-0.2, -0.15) is 0 Å². The second-order valence-electron chi connectivity index (χ2n) is 6.36. The molecule has 0 radical (unpaired) electrons. The van der Waals surface area contributed by atoms with Gasteiger partial charge >= 0.3 is 0 Å². The van der Waals surface area contributed by atoms with Gasteiger partial charge in [-0.3, -0.25) is 4.90 Å². The third-order valence-corrected chi connectivity index (χ3v) is 4.92. The van der Waals surface area contributed by atoms with E-state index in [2.05, 4.69) is 34.7 Å². The minimum atomic E-state index is 0.195. The maximum absolute atomic E-state index is 6.07. The molecular formula is C16H25BrN2O2. The molecule has 1 aromatic rings.